The predicted octanol–water partition coefficient (Wildman–Crippen LogP) is -0.0567. The van der Waals surface area contributed by atoms with Crippen molar-refractivity contribution >= 4 is 61.1 Å². The van der Waals surface area contributed by atoms with Gasteiger partial charge >= 0.3 is 78.8 Å². The average Bonchev–Trinajstić information content (AvgIpc) is 1.65. The van der Waals surface area contributed by atoms with Crippen molar-refractivity contribution in [1.82, 2.24) is 0 Å². The third kappa shape index (κ3) is 4.81. The van der Waals surface area contributed by atoms with Crippen LogP contribution in [0.4, 0.5) is 0 Å². The number of hydrogen-bond acceptors (Lipinski definition) is 0. The molecule has 0 heterocycles. The van der Waals surface area contributed by atoms with Crippen molar-refractivity contribution < 1.29 is 0 Å². The second-order valence-corrected chi connectivity index (χ2v) is 10.7. The molecular weight excluding hydrogens is 413 g/mol. The van der Waals surface area contributed by atoms with Crippen molar-refractivity contribution in [3.05, 3.63) is 0 Å². The Labute approximate surface area is 77.4 Å². The molecule has 0 N–H and O–H groups in total. The molecule has 7 heavy (non-hydrogen) atoms. The van der Waals surface area contributed by atoms with Crippen LogP contribution in [0.2, 0.25) is 3.86 Å². The standard InChI is InChI=1S/C4H7.3Sb/c1-3-4-2;;;/h3H,1-2H3;;;. The van der Waals surface area contributed by atoms with E-state index in [4.69, 9.17) is 0 Å². The molecular formula is C4H7Sb3. The molecule has 38 valence electrons. The van der Waals surface area contributed by atoms with Gasteiger partial charge in [-0.2, -0.15) is 0 Å². The molecule has 3 heteroatoms. The summed E-state index contributed by atoms with van der Waals surface area (Å²) < 4.78 is 2.69. The van der Waals surface area contributed by atoms with Crippen LogP contribution in [0.1, 0.15) is 13.8 Å². The zero-order chi connectivity index (χ0) is 5.86. The molecule has 0 bridgehead atoms. The van der Waals surface area contributed by atoms with Crippen LogP contribution in [-0.2, 0) is 0 Å². The molecule has 0 rings (SSSR count). The number of rotatable bonds is 2. The van der Waals surface area contributed by atoms with Crippen LogP contribution in [0.5, 0.6) is 0 Å². The van der Waals surface area contributed by atoms with Gasteiger partial charge in [0.2, 0.25) is 0 Å². The van der Waals surface area contributed by atoms with E-state index >= 15 is 0 Å². The first-order chi connectivity index (χ1) is 3.18. The third-order valence-corrected chi connectivity index (χ3v) is 12.4. The summed E-state index contributed by atoms with van der Waals surface area (Å²) in [5.41, 5.74) is 0. The quantitative estimate of drug-likeness (QED) is 0.550. The summed E-state index contributed by atoms with van der Waals surface area (Å²) in [7, 11) is 0. The van der Waals surface area contributed by atoms with E-state index in [0.717, 1.165) is 3.86 Å². The maximum absolute atomic E-state index is 2.35. The van der Waals surface area contributed by atoms with Crippen LogP contribution in [0.15, 0.2) is 0 Å². The van der Waals surface area contributed by atoms with Gasteiger partial charge < -0.3 is 0 Å². The zero-order valence-corrected chi connectivity index (χ0v) is 12.1. The Morgan fingerprint density at radius 3 is 2.14 bits per heavy atom. The van der Waals surface area contributed by atoms with Crippen LogP contribution in [0.25, 0.3) is 0 Å². The fourth-order valence-corrected chi connectivity index (χ4v) is 10.4. The minimum atomic E-state index is 0.234. The Morgan fingerprint density at radius 2 is 2.14 bits per heavy atom. The van der Waals surface area contributed by atoms with E-state index in [2.05, 4.69) is 32.1 Å². The van der Waals surface area contributed by atoms with Crippen molar-refractivity contribution in [2.24, 2.45) is 0 Å². The first kappa shape index (κ1) is 9.32. The van der Waals surface area contributed by atoms with E-state index in [0.29, 0.717) is 0 Å². The van der Waals surface area contributed by atoms with Crippen molar-refractivity contribution in [3.63, 3.8) is 0 Å². The Bertz CT molecular complexity index is 86.9. The van der Waals surface area contributed by atoms with Crippen molar-refractivity contribution in [2.75, 3.05) is 0 Å². The summed E-state index contributed by atoms with van der Waals surface area (Å²) in [5.74, 6) is 0. The van der Waals surface area contributed by atoms with E-state index in [1.807, 2.05) is 22.5 Å². The molecule has 0 fully saturated rings. The van der Waals surface area contributed by atoms with E-state index in [1.165, 1.54) is 0 Å². The van der Waals surface area contributed by atoms with E-state index in [-0.39, 0.29) is 16.8 Å². The first-order valence-electron chi connectivity index (χ1n) is 2.05. The van der Waals surface area contributed by atoms with E-state index < -0.39 is 0 Å². The SMILES string of the molecule is C[C](=[Sb])[CH](C)[Sb]=[Sb]. The Balaban J connectivity index is 3.55. The molecule has 0 spiro atoms. The fourth-order valence-electron chi connectivity index (χ4n) is 0.0836. The monoisotopic (exact) mass is 418 g/mol. The topological polar surface area (TPSA) is 0 Å². The molecule has 0 aliphatic rings. The summed E-state index contributed by atoms with van der Waals surface area (Å²) in [6.07, 6.45) is 0. The average molecular weight is 420 g/mol. The second kappa shape index (κ2) is 5.14. The molecule has 0 aromatic heterocycles. The molecule has 0 nitrogen and oxygen atoms in total. The third-order valence-electron chi connectivity index (χ3n) is 0.778. The molecule has 0 saturated heterocycles. The number of hydrogen-bond donors (Lipinski definition) is 0. The summed E-state index contributed by atoms with van der Waals surface area (Å²) in [6, 6.07) is 0. The molecule has 0 aliphatic heterocycles. The van der Waals surface area contributed by atoms with Crippen LogP contribution in [-0.4, -0.2) is 61.1 Å². The second-order valence-electron chi connectivity index (χ2n) is 1.43. The Morgan fingerprint density at radius 1 is 1.71 bits per heavy atom. The van der Waals surface area contributed by atoms with E-state index in [9.17, 15) is 0 Å². The Hall–Kier alpha value is 2.32. The molecule has 1 atom stereocenters. The Kier molecular flexibility index (Phi) is 6.84. The summed E-state index contributed by atoms with van der Waals surface area (Å²) in [4.78, 5) is 0. The van der Waals surface area contributed by atoms with Crippen molar-refractivity contribution in [3.8, 4) is 0 Å². The van der Waals surface area contributed by atoms with Gasteiger partial charge in [-0.05, 0) is 0 Å². The fraction of sp³-hybridized carbons (Fsp3) is 0.750. The van der Waals surface area contributed by atoms with Gasteiger partial charge in [0, 0.05) is 0 Å². The van der Waals surface area contributed by atoms with Gasteiger partial charge in [0.15, 0.2) is 0 Å². The van der Waals surface area contributed by atoms with Gasteiger partial charge in [-0.3, -0.25) is 0 Å². The predicted molar refractivity (Wildman–Crippen MR) is 37.4 cm³/mol. The minimum absolute atomic E-state index is 0.234. The van der Waals surface area contributed by atoms with Gasteiger partial charge in [0.05, 0.1) is 0 Å². The normalized spacial score (nSPS) is 12.9. The summed E-state index contributed by atoms with van der Waals surface area (Å²) >= 11 is 4.21. The van der Waals surface area contributed by atoms with Gasteiger partial charge in [-0.15, -0.1) is 0 Å². The van der Waals surface area contributed by atoms with Crippen LogP contribution < -0.4 is 0 Å². The van der Waals surface area contributed by atoms with Crippen molar-refractivity contribution in [2.45, 2.75) is 17.7 Å². The molecule has 2 radical (unpaired) electrons. The van der Waals surface area contributed by atoms with Gasteiger partial charge in [-0.1, -0.05) is 0 Å². The molecule has 1 unspecified atom stereocenters. The molecule has 0 aromatic rings. The zero-order valence-electron chi connectivity index (χ0n) is 4.42. The van der Waals surface area contributed by atoms with Gasteiger partial charge in [0.25, 0.3) is 0 Å². The maximum atomic E-state index is 2.35. The van der Waals surface area contributed by atoms with Crippen LogP contribution >= 0.6 is 0 Å². The molecule has 0 aromatic carbocycles. The first-order valence-corrected chi connectivity index (χ1v) is 13.6. The van der Waals surface area contributed by atoms with Crippen LogP contribution in [0, 0.1) is 0 Å². The molecule has 0 amide bonds. The summed E-state index contributed by atoms with van der Waals surface area (Å²) in [6.45, 7) is 4.61. The molecule has 0 saturated carbocycles. The summed E-state index contributed by atoms with van der Waals surface area (Å²) in [5, 5.41) is 0. The van der Waals surface area contributed by atoms with Gasteiger partial charge in [0.1, 0.15) is 0 Å². The van der Waals surface area contributed by atoms with E-state index in [1.54, 1.807) is 3.45 Å². The molecule has 0 aliphatic carbocycles. The van der Waals surface area contributed by atoms with Gasteiger partial charge in [-0.25, -0.2) is 0 Å². The van der Waals surface area contributed by atoms with Crippen molar-refractivity contribution in [1.29, 1.82) is 0 Å². The van der Waals surface area contributed by atoms with Crippen LogP contribution in [0.3, 0.4) is 0 Å².